The summed E-state index contributed by atoms with van der Waals surface area (Å²) in [7, 11) is -3.20. The Bertz CT molecular complexity index is 809. The van der Waals surface area contributed by atoms with Crippen LogP contribution in [-0.2, 0) is 10.0 Å². The number of unbranched alkanes of at least 4 members (excludes halogenated alkanes) is 1. The van der Waals surface area contributed by atoms with E-state index in [1.165, 1.54) is 0 Å². The summed E-state index contributed by atoms with van der Waals surface area (Å²) in [6.45, 7) is 3.57. The molecule has 2 fully saturated rings. The van der Waals surface area contributed by atoms with Gasteiger partial charge in [0.25, 0.3) is 5.91 Å². The van der Waals surface area contributed by atoms with Gasteiger partial charge in [0.05, 0.1) is 20.7 Å². The van der Waals surface area contributed by atoms with E-state index in [2.05, 4.69) is 0 Å². The molecule has 2 aliphatic rings. The number of rotatable bonds is 5. The molecule has 27 heavy (non-hydrogen) atoms. The van der Waals surface area contributed by atoms with E-state index in [1.54, 1.807) is 34.3 Å². The van der Waals surface area contributed by atoms with Crippen molar-refractivity contribution in [2.45, 2.75) is 37.5 Å². The van der Waals surface area contributed by atoms with E-state index in [0.29, 0.717) is 54.5 Å². The van der Waals surface area contributed by atoms with E-state index in [-0.39, 0.29) is 16.5 Å². The number of thioether (sulfide) groups is 1. The highest BCUT2D eigenvalue weighted by Gasteiger charge is 2.47. The van der Waals surface area contributed by atoms with Gasteiger partial charge in [-0.1, -0.05) is 36.5 Å². The minimum atomic E-state index is -3.20. The predicted octanol–water partition coefficient (Wildman–Crippen LogP) is 4.10. The third-order valence-electron chi connectivity index (χ3n) is 5.24. The van der Waals surface area contributed by atoms with Gasteiger partial charge in [-0.2, -0.15) is 0 Å². The highest BCUT2D eigenvalue weighted by atomic mass is 35.5. The normalized spacial score (nSPS) is 20.3. The lowest BCUT2D eigenvalue weighted by atomic mass is 10.0. The van der Waals surface area contributed by atoms with Crippen molar-refractivity contribution in [2.24, 2.45) is 0 Å². The van der Waals surface area contributed by atoms with Crippen LogP contribution in [0.15, 0.2) is 18.2 Å². The molecule has 1 aromatic carbocycles. The van der Waals surface area contributed by atoms with Gasteiger partial charge in [-0.15, -0.1) is 11.8 Å². The molecule has 0 radical (unpaired) electrons. The SMILES string of the molecule is CCCCS(=O)(=O)N1CCC2(CC1)SCCN2C(=O)c1ccc(Cl)c(Cl)c1. The largest absolute Gasteiger partial charge is 0.323 e. The Labute approximate surface area is 175 Å². The van der Waals surface area contributed by atoms with Crippen LogP contribution in [-0.4, -0.2) is 59.5 Å². The molecule has 2 heterocycles. The number of halogens is 2. The predicted molar refractivity (Wildman–Crippen MR) is 112 cm³/mol. The van der Waals surface area contributed by atoms with Crippen molar-refractivity contribution in [3.05, 3.63) is 33.8 Å². The van der Waals surface area contributed by atoms with Crippen LogP contribution in [0.25, 0.3) is 0 Å². The van der Waals surface area contributed by atoms with Gasteiger partial charge < -0.3 is 4.90 Å². The van der Waals surface area contributed by atoms with Crippen molar-refractivity contribution >= 4 is 50.9 Å². The van der Waals surface area contributed by atoms with Crippen molar-refractivity contribution in [3.8, 4) is 0 Å². The lowest BCUT2D eigenvalue weighted by Gasteiger charge is -2.43. The zero-order chi connectivity index (χ0) is 19.7. The molecule has 0 bridgehead atoms. The van der Waals surface area contributed by atoms with Crippen LogP contribution in [0.3, 0.4) is 0 Å². The molecule has 1 aromatic rings. The first-order valence-corrected chi connectivity index (χ1v) is 12.5. The fourth-order valence-electron chi connectivity index (χ4n) is 3.66. The van der Waals surface area contributed by atoms with Gasteiger partial charge in [0.2, 0.25) is 10.0 Å². The topological polar surface area (TPSA) is 57.7 Å². The van der Waals surface area contributed by atoms with Crippen LogP contribution in [0, 0.1) is 0 Å². The molecular formula is C18H24Cl2N2O3S2. The number of benzene rings is 1. The van der Waals surface area contributed by atoms with Gasteiger partial charge in [-0.25, -0.2) is 12.7 Å². The van der Waals surface area contributed by atoms with Crippen LogP contribution in [0.4, 0.5) is 0 Å². The Morgan fingerprint density at radius 3 is 2.52 bits per heavy atom. The average molecular weight is 451 g/mol. The molecule has 5 nitrogen and oxygen atoms in total. The van der Waals surface area contributed by atoms with Crippen molar-refractivity contribution in [1.82, 2.24) is 9.21 Å². The van der Waals surface area contributed by atoms with Gasteiger partial charge in [0.1, 0.15) is 0 Å². The van der Waals surface area contributed by atoms with Crippen LogP contribution in [0.5, 0.6) is 0 Å². The number of sulfonamides is 1. The number of nitrogens with zero attached hydrogens (tertiary/aromatic N) is 2. The van der Waals surface area contributed by atoms with Crippen LogP contribution in [0.2, 0.25) is 10.0 Å². The highest BCUT2D eigenvalue weighted by Crippen LogP contribution is 2.45. The molecular weight excluding hydrogens is 427 g/mol. The number of hydrogen-bond donors (Lipinski definition) is 0. The Kier molecular flexibility index (Phi) is 6.68. The molecule has 0 saturated carbocycles. The zero-order valence-electron chi connectivity index (χ0n) is 15.3. The summed E-state index contributed by atoms with van der Waals surface area (Å²) in [6.07, 6.45) is 2.84. The fraction of sp³-hybridized carbons (Fsp3) is 0.611. The Morgan fingerprint density at radius 2 is 1.89 bits per heavy atom. The van der Waals surface area contributed by atoms with Gasteiger partial charge in [0, 0.05) is 31.0 Å². The number of carbonyl (C=O) groups excluding carboxylic acids is 1. The van der Waals surface area contributed by atoms with Crippen molar-refractivity contribution < 1.29 is 13.2 Å². The number of hydrogen-bond acceptors (Lipinski definition) is 4. The zero-order valence-corrected chi connectivity index (χ0v) is 18.4. The first kappa shape index (κ1) is 21.2. The second kappa shape index (κ2) is 8.49. The maximum absolute atomic E-state index is 13.1. The second-order valence-corrected chi connectivity index (χ2v) is 11.3. The van der Waals surface area contributed by atoms with E-state index >= 15 is 0 Å². The van der Waals surface area contributed by atoms with Crippen LogP contribution < -0.4 is 0 Å². The van der Waals surface area contributed by atoms with E-state index in [0.717, 1.165) is 12.2 Å². The lowest BCUT2D eigenvalue weighted by molar-refractivity contribution is 0.0605. The minimum Gasteiger partial charge on any atom is -0.323 e. The summed E-state index contributed by atoms with van der Waals surface area (Å²) in [5.74, 6) is 0.992. The minimum absolute atomic E-state index is 0.0687. The Hall–Kier alpha value is -0.470. The van der Waals surface area contributed by atoms with Gasteiger partial charge in [0.15, 0.2) is 0 Å². The molecule has 3 rings (SSSR count). The van der Waals surface area contributed by atoms with Gasteiger partial charge in [-0.3, -0.25) is 4.79 Å². The molecule has 2 aliphatic heterocycles. The van der Waals surface area contributed by atoms with Crippen molar-refractivity contribution in [3.63, 3.8) is 0 Å². The third-order valence-corrected chi connectivity index (χ3v) is 9.49. The first-order valence-electron chi connectivity index (χ1n) is 9.18. The summed E-state index contributed by atoms with van der Waals surface area (Å²) < 4.78 is 26.5. The second-order valence-electron chi connectivity index (χ2n) is 6.95. The Balaban J connectivity index is 1.73. The number of piperidine rings is 1. The molecule has 0 atom stereocenters. The smallest absolute Gasteiger partial charge is 0.255 e. The van der Waals surface area contributed by atoms with E-state index in [9.17, 15) is 13.2 Å². The fourth-order valence-corrected chi connectivity index (χ4v) is 7.07. The van der Waals surface area contributed by atoms with Crippen molar-refractivity contribution in [1.29, 1.82) is 0 Å². The molecule has 9 heteroatoms. The van der Waals surface area contributed by atoms with E-state index in [1.807, 2.05) is 11.8 Å². The summed E-state index contributed by atoms with van der Waals surface area (Å²) in [5.41, 5.74) is 0.518. The molecule has 0 aromatic heterocycles. The third kappa shape index (κ3) is 4.42. The molecule has 0 unspecified atom stereocenters. The number of carbonyl (C=O) groups is 1. The lowest BCUT2D eigenvalue weighted by Crippen LogP contribution is -2.53. The van der Waals surface area contributed by atoms with Crippen LogP contribution >= 0.6 is 35.0 Å². The average Bonchev–Trinajstić information content (AvgIpc) is 3.05. The molecule has 2 saturated heterocycles. The van der Waals surface area contributed by atoms with Gasteiger partial charge in [-0.05, 0) is 37.5 Å². The number of amides is 1. The molecule has 0 N–H and O–H groups in total. The summed E-state index contributed by atoms with van der Waals surface area (Å²) in [6, 6.07) is 4.93. The highest BCUT2D eigenvalue weighted by molar-refractivity contribution is 8.00. The van der Waals surface area contributed by atoms with E-state index < -0.39 is 10.0 Å². The molecule has 1 spiro atoms. The molecule has 150 valence electrons. The van der Waals surface area contributed by atoms with E-state index in [4.69, 9.17) is 23.2 Å². The standard InChI is InChI=1S/C18H24Cl2N2O3S2/c1-2-3-12-27(24,25)21-8-6-18(7-9-21)22(10-11-26-18)17(23)14-4-5-15(19)16(20)13-14/h4-5,13H,2-3,6-12H2,1H3. The first-order chi connectivity index (χ1) is 12.8. The molecule has 1 amide bonds. The quantitative estimate of drug-likeness (QED) is 0.676. The van der Waals surface area contributed by atoms with Gasteiger partial charge >= 0.3 is 0 Å². The summed E-state index contributed by atoms with van der Waals surface area (Å²) in [4.78, 5) is 14.6. The molecule has 0 aliphatic carbocycles. The monoisotopic (exact) mass is 450 g/mol. The van der Waals surface area contributed by atoms with Crippen LogP contribution in [0.1, 0.15) is 43.0 Å². The Morgan fingerprint density at radius 1 is 1.19 bits per heavy atom. The maximum Gasteiger partial charge on any atom is 0.255 e. The maximum atomic E-state index is 13.1. The summed E-state index contributed by atoms with van der Waals surface area (Å²) >= 11 is 13.8. The summed E-state index contributed by atoms with van der Waals surface area (Å²) in [5, 5.41) is 0.782. The van der Waals surface area contributed by atoms with Crippen molar-refractivity contribution in [2.75, 3.05) is 31.1 Å².